The van der Waals surface area contributed by atoms with Crippen molar-refractivity contribution >= 4 is 11.8 Å². The van der Waals surface area contributed by atoms with Crippen molar-refractivity contribution in [2.45, 2.75) is 39.3 Å². The fourth-order valence-corrected chi connectivity index (χ4v) is 2.24. The summed E-state index contributed by atoms with van der Waals surface area (Å²) >= 11 is 1.89. The van der Waals surface area contributed by atoms with Crippen LogP contribution in [-0.2, 0) is 6.54 Å². The summed E-state index contributed by atoms with van der Waals surface area (Å²) in [5.41, 5.74) is 2.79. The molecular formula is C14H23NS. The van der Waals surface area contributed by atoms with Crippen LogP contribution in [0.5, 0.6) is 0 Å². The highest BCUT2D eigenvalue weighted by atomic mass is 32.2. The monoisotopic (exact) mass is 237 g/mol. The van der Waals surface area contributed by atoms with E-state index in [2.05, 4.69) is 56.6 Å². The van der Waals surface area contributed by atoms with E-state index in [4.69, 9.17) is 0 Å². The van der Waals surface area contributed by atoms with Gasteiger partial charge in [0.05, 0.1) is 0 Å². The molecular weight excluding hydrogens is 214 g/mol. The molecule has 16 heavy (non-hydrogen) atoms. The third kappa shape index (κ3) is 4.58. The van der Waals surface area contributed by atoms with Crippen molar-refractivity contribution in [2.24, 2.45) is 0 Å². The Morgan fingerprint density at radius 3 is 2.25 bits per heavy atom. The molecule has 0 heterocycles. The van der Waals surface area contributed by atoms with Crippen LogP contribution in [0.3, 0.4) is 0 Å². The minimum absolute atomic E-state index is 0.583. The van der Waals surface area contributed by atoms with Crippen molar-refractivity contribution in [1.82, 2.24) is 5.32 Å². The van der Waals surface area contributed by atoms with Gasteiger partial charge >= 0.3 is 0 Å². The van der Waals surface area contributed by atoms with Crippen LogP contribution < -0.4 is 5.32 Å². The molecule has 0 amide bonds. The topological polar surface area (TPSA) is 12.0 Å². The lowest BCUT2D eigenvalue weighted by Gasteiger charge is -2.13. The minimum Gasteiger partial charge on any atom is -0.309 e. The third-order valence-electron chi connectivity index (χ3n) is 2.72. The maximum absolute atomic E-state index is 3.53. The Hall–Kier alpha value is -0.470. The quantitative estimate of drug-likeness (QED) is 0.810. The van der Waals surface area contributed by atoms with E-state index in [1.54, 1.807) is 0 Å². The molecule has 90 valence electrons. The molecule has 2 heteroatoms. The summed E-state index contributed by atoms with van der Waals surface area (Å²) in [6.45, 7) is 7.67. The summed E-state index contributed by atoms with van der Waals surface area (Å²) in [7, 11) is 0. The van der Waals surface area contributed by atoms with Crippen molar-refractivity contribution in [3.8, 4) is 0 Å². The first-order valence-electron chi connectivity index (χ1n) is 5.94. The van der Waals surface area contributed by atoms with Gasteiger partial charge in [0.25, 0.3) is 0 Å². The van der Waals surface area contributed by atoms with E-state index in [1.165, 1.54) is 16.9 Å². The first-order chi connectivity index (χ1) is 7.63. The molecule has 0 saturated carbocycles. The molecule has 1 rings (SSSR count). The van der Waals surface area contributed by atoms with Crippen LogP contribution >= 0.6 is 11.8 Å². The van der Waals surface area contributed by atoms with Gasteiger partial charge in [-0.25, -0.2) is 0 Å². The molecule has 0 fully saturated rings. The van der Waals surface area contributed by atoms with Crippen LogP contribution in [0.4, 0.5) is 0 Å². The van der Waals surface area contributed by atoms with Gasteiger partial charge in [-0.2, -0.15) is 11.8 Å². The molecule has 0 aliphatic carbocycles. The first kappa shape index (κ1) is 13.6. The maximum Gasteiger partial charge on any atom is 0.0208 e. The zero-order chi connectivity index (χ0) is 12.0. The van der Waals surface area contributed by atoms with E-state index >= 15 is 0 Å². The number of hydrogen-bond acceptors (Lipinski definition) is 2. The molecule has 1 unspecified atom stereocenters. The molecule has 1 aromatic carbocycles. The average Bonchev–Trinajstić information content (AvgIpc) is 2.27. The Morgan fingerprint density at radius 1 is 1.12 bits per heavy atom. The molecule has 1 atom stereocenters. The van der Waals surface area contributed by atoms with Crippen molar-refractivity contribution in [3.05, 3.63) is 35.4 Å². The summed E-state index contributed by atoms with van der Waals surface area (Å²) in [6.07, 6.45) is 2.15. The molecule has 0 saturated heterocycles. The van der Waals surface area contributed by atoms with Gasteiger partial charge in [-0.15, -0.1) is 0 Å². The molecule has 0 spiro atoms. The lowest BCUT2D eigenvalue weighted by Crippen LogP contribution is -2.27. The first-order valence-corrected chi connectivity index (χ1v) is 7.34. The Morgan fingerprint density at radius 2 is 1.75 bits per heavy atom. The Labute approximate surface area is 104 Å². The molecule has 0 aromatic heterocycles. The summed E-state index contributed by atoms with van der Waals surface area (Å²) in [4.78, 5) is 0. The molecule has 0 bridgehead atoms. The standard InChI is InChI=1S/C14H23NS/c1-11(2)14-7-5-13(6-8-14)9-15-12(3)10-16-4/h5-8,11-12,15H,9-10H2,1-4H3. The van der Waals surface area contributed by atoms with Crippen LogP contribution in [0.2, 0.25) is 0 Å². The summed E-state index contributed by atoms with van der Waals surface area (Å²) < 4.78 is 0. The largest absolute Gasteiger partial charge is 0.309 e. The molecule has 0 aliphatic heterocycles. The summed E-state index contributed by atoms with van der Waals surface area (Å²) in [6, 6.07) is 9.52. The second kappa shape index (κ2) is 6.97. The lowest BCUT2D eigenvalue weighted by atomic mass is 10.0. The van der Waals surface area contributed by atoms with E-state index in [0.717, 1.165) is 6.54 Å². The molecule has 1 nitrogen and oxygen atoms in total. The fourth-order valence-electron chi connectivity index (χ4n) is 1.62. The van der Waals surface area contributed by atoms with Crippen LogP contribution in [-0.4, -0.2) is 18.1 Å². The van der Waals surface area contributed by atoms with Gasteiger partial charge in [-0.05, 0) is 30.2 Å². The number of rotatable bonds is 6. The summed E-state index contributed by atoms with van der Waals surface area (Å²) in [5, 5.41) is 3.53. The normalized spacial score (nSPS) is 13.1. The van der Waals surface area contributed by atoms with Gasteiger partial charge in [0.1, 0.15) is 0 Å². The fraction of sp³-hybridized carbons (Fsp3) is 0.571. The van der Waals surface area contributed by atoms with Crippen LogP contribution in [0.15, 0.2) is 24.3 Å². The average molecular weight is 237 g/mol. The molecule has 0 radical (unpaired) electrons. The van der Waals surface area contributed by atoms with E-state index in [0.29, 0.717) is 12.0 Å². The van der Waals surface area contributed by atoms with Crippen LogP contribution in [0.1, 0.15) is 37.8 Å². The highest BCUT2D eigenvalue weighted by Crippen LogP contribution is 2.14. The van der Waals surface area contributed by atoms with E-state index in [9.17, 15) is 0 Å². The number of thioether (sulfide) groups is 1. The van der Waals surface area contributed by atoms with Gasteiger partial charge in [0.2, 0.25) is 0 Å². The number of nitrogens with one attached hydrogen (secondary N) is 1. The second-order valence-electron chi connectivity index (χ2n) is 4.63. The molecule has 1 N–H and O–H groups in total. The molecule has 0 aliphatic rings. The number of hydrogen-bond donors (Lipinski definition) is 1. The smallest absolute Gasteiger partial charge is 0.0208 e. The SMILES string of the molecule is CSCC(C)NCc1ccc(C(C)C)cc1. The lowest BCUT2D eigenvalue weighted by molar-refractivity contribution is 0.596. The van der Waals surface area contributed by atoms with Crippen LogP contribution in [0, 0.1) is 0 Å². The van der Waals surface area contributed by atoms with Crippen LogP contribution in [0.25, 0.3) is 0 Å². The van der Waals surface area contributed by atoms with E-state index < -0.39 is 0 Å². The predicted molar refractivity (Wildman–Crippen MR) is 75.2 cm³/mol. The van der Waals surface area contributed by atoms with Gasteiger partial charge in [-0.3, -0.25) is 0 Å². The van der Waals surface area contributed by atoms with E-state index in [1.807, 2.05) is 11.8 Å². The zero-order valence-electron chi connectivity index (χ0n) is 10.8. The van der Waals surface area contributed by atoms with Gasteiger partial charge in [0, 0.05) is 18.3 Å². The maximum atomic E-state index is 3.53. The van der Waals surface area contributed by atoms with E-state index in [-0.39, 0.29) is 0 Å². The second-order valence-corrected chi connectivity index (χ2v) is 5.54. The summed E-state index contributed by atoms with van der Waals surface area (Å²) in [5.74, 6) is 1.79. The molecule has 1 aromatic rings. The van der Waals surface area contributed by atoms with Crippen molar-refractivity contribution < 1.29 is 0 Å². The Balaban J connectivity index is 2.43. The van der Waals surface area contributed by atoms with Crippen molar-refractivity contribution in [3.63, 3.8) is 0 Å². The minimum atomic E-state index is 0.583. The Kier molecular flexibility index (Phi) is 5.93. The van der Waals surface area contributed by atoms with Gasteiger partial charge < -0.3 is 5.32 Å². The highest BCUT2D eigenvalue weighted by molar-refractivity contribution is 7.98. The van der Waals surface area contributed by atoms with Gasteiger partial charge in [-0.1, -0.05) is 38.1 Å². The zero-order valence-corrected chi connectivity index (χ0v) is 11.6. The third-order valence-corrected chi connectivity index (χ3v) is 3.55. The predicted octanol–water partition coefficient (Wildman–Crippen LogP) is 3.65. The van der Waals surface area contributed by atoms with Crippen molar-refractivity contribution in [2.75, 3.05) is 12.0 Å². The van der Waals surface area contributed by atoms with Gasteiger partial charge in [0.15, 0.2) is 0 Å². The highest BCUT2D eigenvalue weighted by Gasteiger charge is 2.01. The Bertz CT molecular complexity index is 292. The van der Waals surface area contributed by atoms with Crippen molar-refractivity contribution in [1.29, 1.82) is 0 Å². The number of benzene rings is 1.